The van der Waals surface area contributed by atoms with E-state index in [1.807, 2.05) is 36.4 Å². The van der Waals surface area contributed by atoms with Crippen molar-refractivity contribution in [1.82, 2.24) is 0 Å². The fourth-order valence-corrected chi connectivity index (χ4v) is 4.12. The van der Waals surface area contributed by atoms with Crippen molar-refractivity contribution < 1.29 is 28.7 Å². The van der Waals surface area contributed by atoms with Gasteiger partial charge in [-0.05, 0) is 61.4 Å². The van der Waals surface area contributed by atoms with E-state index < -0.39 is 0 Å². The molecule has 0 aromatic heterocycles. The van der Waals surface area contributed by atoms with Gasteiger partial charge in [-0.15, -0.1) is 0 Å². The Bertz CT molecular complexity index is 1310. The van der Waals surface area contributed by atoms with E-state index in [0.717, 1.165) is 12.8 Å². The van der Waals surface area contributed by atoms with E-state index in [2.05, 4.69) is 0 Å². The van der Waals surface area contributed by atoms with E-state index >= 15 is 0 Å². The molecule has 0 aliphatic carbocycles. The predicted molar refractivity (Wildman–Crippen MR) is 152 cm³/mol. The van der Waals surface area contributed by atoms with Gasteiger partial charge in [0.1, 0.15) is 11.5 Å². The topological polar surface area (TPSA) is 86.7 Å². The second kappa shape index (κ2) is 14.4. The van der Waals surface area contributed by atoms with E-state index in [4.69, 9.17) is 9.47 Å². The molecule has 0 radical (unpaired) electrons. The first kappa shape index (κ1) is 28.2. The number of carbonyl (C=O) groups excluding carboxylic acids is 4. The van der Waals surface area contributed by atoms with Gasteiger partial charge in [-0.1, -0.05) is 73.5 Å². The first-order chi connectivity index (χ1) is 19.5. The van der Waals surface area contributed by atoms with Gasteiger partial charge in [-0.25, -0.2) is 0 Å². The number of unbranched alkanes of at least 4 members (excludes halogenated alkanes) is 3. The molecular weight excluding hydrogens is 504 g/mol. The molecule has 0 N–H and O–H groups in total. The van der Waals surface area contributed by atoms with Gasteiger partial charge in [0.25, 0.3) is 0 Å². The molecule has 0 atom stereocenters. The van der Waals surface area contributed by atoms with Crippen molar-refractivity contribution in [3.8, 4) is 11.5 Å². The summed E-state index contributed by atoms with van der Waals surface area (Å²) >= 11 is 0. The quantitative estimate of drug-likeness (QED) is 0.0794. The van der Waals surface area contributed by atoms with Crippen molar-refractivity contribution in [1.29, 1.82) is 0 Å². The first-order valence-corrected chi connectivity index (χ1v) is 13.3. The molecule has 0 aliphatic heterocycles. The van der Waals surface area contributed by atoms with Crippen molar-refractivity contribution >= 4 is 23.5 Å². The fraction of sp³-hybridized carbons (Fsp3) is 0.176. The summed E-state index contributed by atoms with van der Waals surface area (Å²) in [6, 6.07) is 31.1. The largest absolute Gasteiger partial charge is 0.427 e. The molecule has 40 heavy (non-hydrogen) atoms. The summed E-state index contributed by atoms with van der Waals surface area (Å²) < 4.78 is 10.7. The molecular formula is C34H30O6. The van der Waals surface area contributed by atoms with Crippen LogP contribution in [0.15, 0.2) is 109 Å². The lowest BCUT2D eigenvalue weighted by Crippen LogP contribution is -2.09. The highest BCUT2D eigenvalue weighted by Gasteiger charge is 2.12. The third-order valence-corrected chi connectivity index (χ3v) is 6.28. The van der Waals surface area contributed by atoms with Crippen molar-refractivity contribution in [2.45, 2.75) is 38.5 Å². The minimum absolute atomic E-state index is 0.0874. The molecule has 6 nitrogen and oxygen atoms in total. The van der Waals surface area contributed by atoms with E-state index in [1.165, 1.54) is 0 Å². The zero-order valence-electron chi connectivity index (χ0n) is 22.1. The summed E-state index contributed by atoms with van der Waals surface area (Å²) in [7, 11) is 0. The Hall–Kier alpha value is -4.84. The van der Waals surface area contributed by atoms with Crippen LogP contribution in [0, 0.1) is 0 Å². The normalized spacial score (nSPS) is 10.5. The molecule has 4 aromatic carbocycles. The molecule has 4 aromatic rings. The summed E-state index contributed by atoms with van der Waals surface area (Å²) in [5.74, 6) is -0.0534. The van der Waals surface area contributed by atoms with Crippen molar-refractivity contribution in [2.24, 2.45) is 0 Å². The van der Waals surface area contributed by atoms with E-state index in [1.54, 1.807) is 72.8 Å². The maximum Gasteiger partial charge on any atom is 0.311 e. The number of ketones is 2. The zero-order valence-corrected chi connectivity index (χ0v) is 22.1. The molecule has 0 heterocycles. The Morgan fingerprint density at radius 1 is 0.400 bits per heavy atom. The second-order valence-electron chi connectivity index (χ2n) is 9.30. The number of hydrogen-bond acceptors (Lipinski definition) is 6. The number of rotatable bonds is 13. The predicted octanol–water partition coefficient (Wildman–Crippen LogP) is 7.00. The Morgan fingerprint density at radius 3 is 1.07 bits per heavy atom. The number of ether oxygens (including phenoxy) is 2. The van der Waals surface area contributed by atoms with Crippen LogP contribution in [-0.2, 0) is 9.59 Å². The number of carbonyl (C=O) groups is 4. The Morgan fingerprint density at radius 2 is 0.725 bits per heavy atom. The standard InChI is InChI=1S/C34H30O6/c35-31(39-29-21-17-27(18-22-29)33(37)25-11-5-3-6-12-25)15-9-1-2-10-16-32(36)40-30-23-19-28(20-24-30)34(38)26-13-7-4-8-14-26/h3-8,11-14,17-24H,1-2,9-10,15-16H2. The van der Waals surface area contributed by atoms with Gasteiger partial charge in [-0.2, -0.15) is 0 Å². The molecule has 0 spiro atoms. The second-order valence-corrected chi connectivity index (χ2v) is 9.30. The van der Waals surface area contributed by atoms with Gasteiger partial charge >= 0.3 is 11.9 Å². The molecule has 0 saturated heterocycles. The van der Waals surface area contributed by atoms with Gasteiger partial charge in [0, 0.05) is 35.1 Å². The molecule has 0 unspecified atom stereocenters. The molecule has 0 amide bonds. The van der Waals surface area contributed by atoms with Crippen LogP contribution in [0.2, 0.25) is 0 Å². The third-order valence-electron chi connectivity index (χ3n) is 6.28. The van der Waals surface area contributed by atoms with Crippen LogP contribution in [0.5, 0.6) is 11.5 Å². The lowest BCUT2D eigenvalue weighted by Gasteiger charge is -2.07. The van der Waals surface area contributed by atoms with E-state index in [0.29, 0.717) is 46.6 Å². The third kappa shape index (κ3) is 8.33. The van der Waals surface area contributed by atoms with Gasteiger partial charge in [-0.3, -0.25) is 19.2 Å². The summed E-state index contributed by atoms with van der Waals surface area (Å²) in [4.78, 5) is 49.3. The van der Waals surface area contributed by atoms with Crippen molar-refractivity contribution in [3.05, 3.63) is 131 Å². The summed E-state index contributed by atoms with van der Waals surface area (Å²) in [5.41, 5.74) is 2.26. The Kier molecular flexibility index (Phi) is 10.1. The highest BCUT2D eigenvalue weighted by Crippen LogP contribution is 2.18. The molecule has 0 aliphatic rings. The molecule has 0 bridgehead atoms. The van der Waals surface area contributed by atoms with Crippen molar-refractivity contribution in [2.75, 3.05) is 0 Å². The van der Waals surface area contributed by atoms with Crippen molar-refractivity contribution in [3.63, 3.8) is 0 Å². The van der Waals surface area contributed by atoms with Crippen LogP contribution < -0.4 is 9.47 Å². The first-order valence-electron chi connectivity index (χ1n) is 13.3. The average molecular weight is 535 g/mol. The zero-order chi connectivity index (χ0) is 28.2. The highest BCUT2D eigenvalue weighted by atomic mass is 16.5. The Balaban J connectivity index is 1.09. The average Bonchev–Trinajstić information content (AvgIpc) is 3.00. The number of hydrogen-bond donors (Lipinski definition) is 0. The minimum Gasteiger partial charge on any atom is -0.427 e. The van der Waals surface area contributed by atoms with Gasteiger partial charge in [0.2, 0.25) is 0 Å². The molecule has 0 fully saturated rings. The van der Waals surface area contributed by atoms with Crippen LogP contribution in [0.25, 0.3) is 0 Å². The SMILES string of the molecule is O=C(CCCCCCC(=O)Oc1ccc(C(=O)c2ccccc2)cc1)Oc1ccc(C(=O)c2ccccc2)cc1. The Labute approximate surface area is 233 Å². The van der Waals surface area contributed by atoms with Crippen LogP contribution >= 0.6 is 0 Å². The smallest absolute Gasteiger partial charge is 0.311 e. The van der Waals surface area contributed by atoms with Gasteiger partial charge in [0.05, 0.1) is 0 Å². The van der Waals surface area contributed by atoms with Crippen LogP contribution in [0.4, 0.5) is 0 Å². The number of esters is 2. The highest BCUT2D eigenvalue weighted by molar-refractivity contribution is 6.09. The number of benzene rings is 4. The molecule has 4 rings (SSSR count). The van der Waals surface area contributed by atoms with E-state index in [9.17, 15) is 19.2 Å². The monoisotopic (exact) mass is 534 g/mol. The summed E-state index contributed by atoms with van der Waals surface area (Å²) in [6.07, 6.45) is 3.39. The molecule has 6 heteroatoms. The lowest BCUT2D eigenvalue weighted by molar-refractivity contribution is -0.135. The van der Waals surface area contributed by atoms with Crippen LogP contribution in [0.3, 0.4) is 0 Å². The lowest BCUT2D eigenvalue weighted by atomic mass is 10.0. The maximum atomic E-state index is 12.5. The van der Waals surface area contributed by atoms with Crippen LogP contribution in [-0.4, -0.2) is 23.5 Å². The van der Waals surface area contributed by atoms with E-state index in [-0.39, 0.29) is 36.3 Å². The fourth-order valence-electron chi connectivity index (χ4n) is 4.12. The maximum absolute atomic E-state index is 12.5. The summed E-state index contributed by atoms with van der Waals surface area (Å²) in [6.45, 7) is 0. The minimum atomic E-state index is -0.337. The summed E-state index contributed by atoms with van der Waals surface area (Å²) in [5, 5.41) is 0. The van der Waals surface area contributed by atoms with Crippen LogP contribution in [0.1, 0.15) is 70.4 Å². The molecule has 0 saturated carbocycles. The van der Waals surface area contributed by atoms with Gasteiger partial charge < -0.3 is 9.47 Å². The van der Waals surface area contributed by atoms with Gasteiger partial charge in [0.15, 0.2) is 11.6 Å². The molecule has 202 valence electrons.